The third-order valence-electron chi connectivity index (χ3n) is 6.55. The van der Waals surface area contributed by atoms with Crippen molar-refractivity contribution in [1.82, 2.24) is 9.88 Å². The van der Waals surface area contributed by atoms with Crippen LogP contribution in [0.5, 0.6) is 5.75 Å². The number of aliphatic hydroxyl groups is 1. The quantitative estimate of drug-likeness (QED) is 0.177. The molecule has 0 spiro atoms. The number of Topliss-reactive ketones (excluding diaryl/α,β-unsaturated/α-hetero) is 1. The fraction of sp³-hybridized carbons (Fsp3) is 0.300. The van der Waals surface area contributed by atoms with E-state index in [1.807, 2.05) is 32.0 Å². The first-order valence-corrected chi connectivity index (χ1v) is 12.4. The summed E-state index contributed by atoms with van der Waals surface area (Å²) >= 11 is 0. The zero-order valence-corrected chi connectivity index (χ0v) is 21.0. The molecule has 1 fully saturated rings. The first kappa shape index (κ1) is 25.2. The van der Waals surface area contributed by atoms with Gasteiger partial charge in [0.05, 0.1) is 18.2 Å². The average Bonchev–Trinajstić information content (AvgIpc) is 3.14. The highest BCUT2D eigenvalue weighted by molar-refractivity contribution is 6.46. The highest BCUT2D eigenvalue weighted by Crippen LogP contribution is 2.40. The number of amides is 1. The number of ether oxygens (including phenoxy) is 1. The van der Waals surface area contributed by atoms with Crippen molar-refractivity contribution < 1.29 is 19.4 Å². The maximum absolute atomic E-state index is 13.3. The van der Waals surface area contributed by atoms with E-state index >= 15 is 0 Å². The van der Waals surface area contributed by atoms with E-state index in [2.05, 4.69) is 11.9 Å². The Bertz CT molecular complexity index is 1270. The summed E-state index contributed by atoms with van der Waals surface area (Å²) in [5.74, 6) is -0.825. The van der Waals surface area contributed by atoms with Crippen LogP contribution in [0.4, 0.5) is 0 Å². The molecule has 0 radical (unpaired) electrons. The van der Waals surface area contributed by atoms with Gasteiger partial charge in [-0.15, -0.1) is 0 Å². The zero-order chi connectivity index (χ0) is 25.7. The molecule has 3 aromatic rings. The van der Waals surface area contributed by atoms with E-state index in [1.54, 1.807) is 48.8 Å². The normalized spacial score (nSPS) is 17.0. The van der Waals surface area contributed by atoms with Gasteiger partial charge in [0.25, 0.3) is 11.7 Å². The number of aryl methyl sites for hydroxylation is 2. The first-order chi connectivity index (χ1) is 17.4. The van der Waals surface area contributed by atoms with Gasteiger partial charge in [-0.3, -0.25) is 14.6 Å². The van der Waals surface area contributed by atoms with E-state index in [0.29, 0.717) is 23.5 Å². The largest absolute Gasteiger partial charge is 0.507 e. The number of rotatable bonds is 9. The summed E-state index contributed by atoms with van der Waals surface area (Å²) < 4.78 is 5.77. The molecule has 1 unspecified atom stereocenters. The lowest BCUT2D eigenvalue weighted by Gasteiger charge is -2.26. The molecular formula is C30H32N2O4. The number of nitrogens with zero attached hydrogens (tertiary/aromatic N) is 2. The van der Waals surface area contributed by atoms with Crippen LogP contribution in [-0.4, -0.2) is 33.3 Å². The lowest BCUT2D eigenvalue weighted by atomic mass is 9.95. The molecule has 6 heteroatoms. The Labute approximate surface area is 212 Å². The van der Waals surface area contributed by atoms with Gasteiger partial charge in [0, 0.05) is 24.5 Å². The molecule has 1 aliphatic heterocycles. The standard InChI is InChI=1S/C30H32N2O4/c1-4-5-6-17-36-25-11-9-23(10-12-25)28(33)26-27(22-13-15-31-16-14-22)32(30(35)29(26)34)19-24-18-20(2)7-8-21(24)3/h7-16,18,27,33H,4-6,17,19H2,1-3H3/b28-26+. The SMILES string of the molecule is CCCCCOc1ccc(/C(O)=C2\C(=O)C(=O)N(Cc3cc(C)ccc3C)C2c2ccncc2)cc1. The van der Waals surface area contributed by atoms with Crippen molar-refractivity contribution in [3.8, 4) is 5.75 Å². The maximum atomic E-state index is 13.3. The van der Waals surface area contributed by atoms with Crippen LogP contribution in [0.25, 0.3) is 5.76 Å². The third kappa shape index (κ3) is 5.33. The van der Waals surface area contributed by atoms with E-state index in [4.69, 9.17) is 4.74 Å². The van der Waals surface area contributed by atoms with Crippen molar-refractivity contribution in [2.75, 3.05) is 6.61 Å². The van der Waals surface area contributed by atoms with Gasteiger partial charge in [0.15, 0.2) is 0 Å². The number of benzene rings is 2. The molecule has 1 atom stereocenters. The van der Waals surface area contributed by atoms with E-state index in [0.717, 1.165) is 36.0 Å². The van der Waals surface area contributed by atoms with Gasteiger partial charge < -0.3 is 14.7 Å². The summed E-state index contributed by atoms with van der Waals surface area (Å²) in [5, 5.41) is 11.3. The van der Waals surface area contributed by atoms with Crippen LogP contribution in [0, 0.1) is 13.8 Å². The highest BCUT2D eigenvalue weighted by Gasteiger charge is 2.46. The van der Waals surface area contributed by atoms with Crippen molar-refractivity contribution >= 4 is 17.4 Å². The topological polar surface area (TPSA) is 79.7 Å². The lowest BCUT2D eigenvalue weighted by molar-refractivity contribution is -0.140. The van der Waals surface area contributed by atoms with Crippen LogP contribution in [0.3, 0.4) is 0 Å². The molecule has 0 bridgehead atoms. The fourth-order valence-corrected chi connectivity index (χ4v) is 4.50. The Morgan fingerprint density at radius 1 is 1.00 bits per heavy atom. The third-order valence-corrected chi connectivity index (χ3v) is 6.55. The average molecular weight is 485 g/mol. The summed E-state index contributed by atoms with van der Waals surface area (Å²) in [7, 11) is 0. The molecule has 1 aliphatic rings. The number of aliphatic hydroxyl groups excluding tert-OH is 1. The minimum absolute atomic E-state index is 0.0770. The highest BCUT2D eigenvalue weighted by atomic mass is 16.5. The molecule has 0 aliphatic carbocycles. The molecular weight excluding hydrogens is 452 g/mol. The smallest absolute Gasteiger partial charge is 0.295 e. The van der Waals surface area contributed by atoms with Crippen molar-refractivity contribution in [2.45, 2.75) is 52.6 Å². The van der Waals surface area contributed by atoms with Crippen LogP contribution >= 0.6 is 0 Å². The summed E-state index contributed by atoms with van der Waals surface area (Å²) in [6, 6.07) is 15.8. The Kier molecular flexibility index (Phi) is 7.84. The molecule has 36 heavy (non-hydrogen) atoms. The number of hydrogen-bond donors (Lipinski definition) is 1. The van der Waals surface area contributed by atoms with Crippen LogP contribution in [0.1, 0.15) is 60.0 Å². The van der Waals surface area contributed by atoms with Gasteiger partial charge in [-0.2, -0.15) is 0 Å². The Balaban J connectivity index is 1.71. The number of carbonyl (C=O) groups is 2. The minimum atomic E-state index is -0.724. The zero-order valence-electron chi connectivity index (χ0n) is 21.0. The number of likely N-dealkylation sites (tertiary alicyclic amines) is 1. The Hall–Kier alpha value is -3.93. The Morgan fingerprint density at radius 2 is 1.72 bits per heavy atom. The van der Waals surface area contributed by atoms with Gasteiger partial charge >= 0.3 is 0 Å². The molecule has 4 rings (SSSR count). The maximum Gasteiger partial charge on any atom is 0.295 e. The molecule has 6 nitrogen and oxygen atoms in total. The number of pyridine rings is 1. The van der Waals surface area contributed by atoms with Gasteiger partial charge in [-0.1, -0.05) is 43.5 Å². The lowest BCUT2D eigenvalue weighted by Crippen LogP contribution is -2.29. The summed E-state index contributed by atoms with van der Waals surface area (Å²) in [5.41, 5.74) is 4.32. The van der Waals surface area contributed by atoms with E-state index in [-0.39, 0.29) is 17.9 Å². The number of hydrogen-bond acceptors (Lipinski definition) is 5. The van der Waals surface area contributed by atoms with Crippen LogP contribution in [0.2, 0.25) is 0 Å². The second-order valence-electron chi connectivity index (χ2n) is 9.22. The molecule has 1 aromatic heterocycles. The van der Waals surface area contributed by atoms with Crippen molar-refractivity contribution in [2.24, 2.45) is 0 Å². The van der Waals surface area contributed by atoms with Gasteiger partial charge in [-0.05, 0) is 73.4 Å². The molecule has 2 heterocycles. The first-order valence-electron chi connectivity index (χ1n) is 12.4. The van der Waals surface area contributed by atoms with E-state index < -0.39 is 17.7 Å². The predicted octanol–water partition coefficient (Wildman–Crippen LogP) is 5.89. The second kappa shape index (κ2) is 11.2. The summed E-state index contributed by atoms with van der Waals surface area (Å²) in [6.07, 6.45) is 6.45. The van der Waals surface area contributed by atoms with E-state index in [1.165, 1.54) is 4.90 Å². The van der Waals surface area contributed by atoms with Crippen molar-refractivity contribution in [3.63, 3.8) is 0 Å². The summed E-state index contributed by atoms with van der Waals surface area (Å²) in [6.45, 7) is 7.01. The predicted molar refractivity (Wildman–Crippen MR) is 139 cm³/mol. The fourth-order valence-electron chi connectivity index (χ4n) is 4.50. The van der Waals surface area contributed by atoms with Gasteiger partial charge in [-0.25, -0.2) is 0 Å². The van der Waals surface area contributed by atoms with Gasteiger partial charge in [0.1, 0.15) is 11.5 Å². The molecule has 1 saturated heterocycles. The van der Waals surface area contributed by atoms with Crippen molar-refractivity contribution in [3.05, 3.63) is 100 Å². The summed E-state index contributed by atoms with van der Waals surface area (Å²) in [4.78, 5) is 32.2. The number of ketones is 1. The number of carbonyl (C=O) groups excluding carboxylic acids is 2. The van der Waals surface area contributed by atoms with Crippen LogP contribution < -0.4 is 4.74 Å². The number of unbranched alkanes of at least 4 members (excludes halogenated alkanes) is 2. The van der Waals surface area contributed by atoms with Gasteiger partial charge in [0.2, 0.25) is 0 Å². The number of aromatic nitrogens is 1. The Morgan fingerprint density at radius 3 is 2.42 bits per heavy atom. The molecule has 1 amide bonds. The monoisotopic (exact) mass is 484 g/mol. The van der Waals surface area contributed by atoms with Crippen molar-refractivity contribution in [1.29, 1.82) is 0 Å². The second-order valence-corrected chi connectivity index (χ2v) is 9.22. The molecule has 0 saturated carbocycles. The van der Waals surface area contributed by atoms with E-state index in [9.17, 15) is 14.7 Å². The van der Waals surface area contributed by atoms with Crippen LogP contribution in [0.15, 0.2) is 72.6 Å². The van der Waals surface area contributed by atoms with Crippen LogP contribution in [-0.2, 0) is 16.1 Å². The molecule has 2 aromatic carbocycles. The molecule has 1 N–H and O–H groups in total. The minimum Gasteiger partial charge on any atom is -0.507 e. The molecule has 186 valence electrons.